The Balaban J connectivity index is 1.74. The van der Waals surface area contributed by atoms with E-state index in [9.17, 15) is 4.79 Å². The molecule has 92 valence electrons. The molecule has 1 aliphatic heterocycles. The minimum atomic E-state index is -0.0640. The largest absolute Gasteiger partial charge is 0.376 e. The van der Waals surface area contributed by atoms with Crippen LogP contribution in [-0.4, -0.2) is 43.3 Å². The predicted molar refractivity (Wildman–Crippen MR) is 62.4 cm³/mol. The number of amides is 2. The molecule has 2 aliphatic rings. The average Bonchev–Trinajstić information content (AvgIpc) is 2.29. The third-order valence-electron chi connectivity index (χ3n) is 3.90. The molecule has 0 aromatic heterocycles. The summed E-state index contributed by atoms with van der Waals surface area (Å²) in [7, 11) is 1.74. The standard InChI is InChI=1S/C12H22N2O2/c1-16-12(6-5-7-12)10-13-11(15)14-8-3-2-4-9-14/h2-10H2,1H3,(H,13,15). The fraction of sp³-hybridized carbons (Fsp3) is 0.917. The second kappa shape index (κ2) is 5.04. The van der Waals surface area contributed by atoms with E-state index in [1.165, 1.54) is 12.8 Å². The maximum Gasteiger partial charge on any atom is 0.317 e. The molecular weight excluding hydrogens is 204 g/mol. The predicted octanol–water partition coefficient (Wildman–Crippen LogP) is 1.75. The molecule has 1 aliphatic carbocycles. The molecule has 0 bridgehead atoms. The number of nitrogens with zero attached hydrogens (tertiary/aromatic N) is 1. The molecule has 0 aromatic carbocycles. The SMILES string of the molecule is COC1(CNC(=O)N2CCCCC2)CCC1. The van der Waals surface area contributed by atoms with Crippen LogP contribution in [0.2, 0.25) is 0 Å². The van der Waals surface area contributed by atoms with Crippen LogP contribution in [0.1, 0.15) is 38.5 Å². The van der Waals surface area contributed by atoms with Crippen molar-refractivity contribution in [3.63, 3.8) is 0 Å². The molecule has 1 saturated heterocycles. The highest BCUT2D eigenvalue weighted by Crippen LogP contribution is 2.34. The molecule has 0 unspecified atom stereocenters. The number of urea groups is 1. The molecule has 4 nitrogen and oxygen atoms in total. The van der Waals surface area contributed by atoms with E-state index in [1.54, 1.807) is 7.11 Å². The van der Waals surface area contributed by atoms with Crippen LogP contribution in [0.5, 0.6) is 0 Å². The quantitative estimate of drug-likeness (QED) is 0.796. The maximum absolute atomic E-state index is 11.9. The first-order chi connectivity index (χ1) is 7.76. The number of piperidine rings is 1. The van der Waals surface area contributed by atoms with Gasteiger partial charge in [0.05, 0.1) is 5.60 Å². The molecule has 0 spiro atoms. The number of carbonyl (C=O) groups excluding carboxylic acids is 1. The Morgan fingerprint density at radius 3 is 2.44 bits per heavy atom. The monoisotopic (exact) mass is 226 g/mol. The highest BCUT2D eigenvalue weighted by molar-refractivity contribution is 5.74. The maximum atomic E-state index is 11.9. The Labute approximate surface area is 97.3 Å². The first kappa shape index (κ1) is 11.7. The van der Waals surface area contributed by atoms with Crippen LogP contribution in [0.25, 0.3) is 0 Å². The smallest absolute Gasteiger partial charge is 0.317 e. The van der Waals surface area contributed by atoms with Gasteiger partial charge in [-0.25, -0.2) is 4.79 Å². The molecule has 1 heterocycles. The van der Waals surface area contributed by atoms with Gasteiger partial charge in [0, 0.05) is 26.7 Å². The zero-order valence-electron chi connectivity index (χ0n) is 10.1. The van der Waals surface area contributed by atoms with Gasteiger partial charge in [-0.2, -0.15) is 0 Å². The van der Waals surface area contributed by atoms with Gasteiger partial charge in [-0.05, 0) is 38.5 Å². The molecule has 1 N–H and O–H groups in total. The lowest BCUT2D eigenvalue weighted by Gasteiger charge is -2.41. The van der Waals surface area contributed by atoms with Crippen molar-refractivity contribution in [2.45, 2.75) is 44.1 Å². The Hall–Kier alpha value is -0.770. The van der Waals surface area contributed by atoms with Crippen molar-refractivity contribution in [3.8, 4) is 0 Å². The topological polar surface area (TPSA) is 41.6 Å². The summed E-state index contributed by atoms with van der Waals surface area (Å²) >= 11 is 0. The molecule has 2 fully saturated rings. The first-order valence-corrected chi connectivity index (χ1v) is 6.34. The third-order valence-corrected chi connectivity index (χ3v) is 3.90. The molecular formula is C12H22N2O2. The van der Waals surface area contributed by atoms with Gasteiger partial charge < -0.3 is 15.0 Å². The summed E-state index contributed by atoms with van der Waals surface area (Å²) in [5, 5.41) is 3.01. The van der Waals surface area contributed by atoms with Gasteiger partial charge in [-0.15, -0.1) is 0 Å². The molecule has 4 heteroatoms. The fourth-order valence-electron chi connectivity index (χ4n) is 2.47. The van der Waals surface area contributed by atoms with E-state index < -0.39 is 0 Å². The summed E-state index contributed by atoms with van der Waals surface area (Å²) in [6.07, 6.45) is 6.90. The molecule has 1 saturated carbocycles. The summed E-state index contributed by atoms with van der Waals surface area (Å²) in [4.78, 5) is 13.8. The van der Waals surface area contributed by atoms with Crippen LogP contribution in [0, 0.1) is 0 Å². The third kappa shape index (κ3) is 2.48. The summed E-state index contributed by atoms with van der Waals surface area (Å²) in [6, 6.07) is 0.0861. The molecule has 2 amide bonds. The van der Waals surface area contributed by atoms with Crippen LogP contribution >= 0.6 is 0 Å². The van der Waals surface area contributed by atoms with Crippen molar-refractivity contribution in [3.05, 3.63) is 0 Å². The number of methoxy groups -OCH3 is 1. The van der Waals surface area contributed by atoms with Crippen LogP contribution in [0.3, 0.4) is 0 Å². The number of hydrogen-bond acceptors (Lipinski definition) is 2. The number of nitrogens with one attached hydrogen (secondary N) is 1. The molecule has 2 rings (SSSR count). The van der Waals surface area contributed by atoms with Crippen molar-refractivity contribution in [2.75, 3.05) is 26.7 Å². The number of ether oxygens (including phenoxy) is 1. The normalized spacial score (nSPS) is 23.7. The Morgan fingerprint density at radius 2 is 1.94 bits per heavy atom. The van der Waals surface area contributed by atoms with Crippen molar-refractivity contribution in [1.82, 2.24) is 10.2 Å². The van der Waals surface area contributed by atoms with Crippen LogP contribution in [0.15, 0.2) is 0 Å². The van der Waals surface area contributed by atoms with E-state index in [-0.39, 0.29) is 11.6 Å². The summed E-state index contributed by atoms with van der Waals surface area (Å²) in [5.41, 5.74) is -0.0640. The highest BCUT2D eigenvalue weighted by atomic mass is 16.5. The van der Waals surface area contributed by atoms with Gasteiger partial charge >= 0.3 is 6.03 Å². The summed E-state index contributed by atoms with van der Waals surface area (Å²) < 4.78 is 5.48. The zero-order valence-corrected chi connectivity index (χ0v) is 10.1. The number of carbonyl (C=O) groups is 1. The van der Waals surface area contributed by atoms with Gasteiger partial charge in [0.2, 0.25) is 0 Å². The van der Waals surface area contributed by atoms with Crippen LogP contribution < -0.4 is 5.32 Å². The van der Waals surface area contributed by atoms with Gasteiger partial charge in [-0.3, -0.25) is 0 Å². The van der Waals surface area contributed by atoms with E-state index in [0.29, 0.717) is 6.54 Å². The van der Waals surface area contributed by atoms with Crippen molar-refractivity contribution in [2.24, 2.45) is 0 Å². The van der Waals surface area contributed by atoms with Crippen molar-refractivity contribution in [1.29, 1.82) is 0 Å². The van der Waals surface area contributed by atoms with Crippen molar-refractivity contribution >= 4 is 6.03 Å². The molecule has 0 aromatic rings. The minimum absolute atomic E-state index is 0.0640. The fourth-order valence-corrected chi connectivity index (χ4v) is 2.47. The Bertz CT molecular complexity index is 240. The van der Waals surface area contributed by atoms with Gasteiger partial charge in [-0.1, -0.05) is 0 Å². The lowest BCUT2D eigenvalue weighted by atomic mass is 9.80. The van der Waals surface area contributed by atoms with Gasteiger partial charge in [0.25, 0.3) is 0 Å². The summed E-state index contributed by atoms with van der Waals surface area (Å²) in [5.74, 6) is 0. The molecule has 0 radical (unpaired) electrons. The molecule has 16 heavy (non-hydrogen) atoms. The average molecular weight is 226 g/mol. The summed E-state index contributed by atoms with van der Waals surface area (Å²) in [6.45, 7) is 2.48. The number of likely N-dealkylation sites (tertiary alicyclic amines) is 1. The van der Waals surface area contributed by atoms with E-state index in [1.807, 2.05) is 4.90 Å². The highest BCUT2D eigenvalue weighted by Gasteiger charge is 2.37. The van der Waals surface area contributed by atoms with Crippen LogP contribution in [0.4, 0.5) is 4.79 Å². The lowest BCUT2D eigenvalue weighted by molar-refractivity contribution is -0.0679. The van der Waals surface area contributed by atoms with Gasteiger partial charge in [0.1, 0.15) is 0 Å². The first-order valence-electron chi connectivity index (χ1n) is 6.34. The van der Waals surface area contributed by atoms with Crippen LogP contribution in [-0.2, 0) is 4.74 Å². The Kier molecular flexibility index (Phi) is 3.69. The zero-order chi connectivity index (χ0) is 11.4. The van der Waals surface area contributed by atoms with Gasteiger partial charge in [0.15, 0.2) is 0 Å². The van der Waals surface area contributed by atoms with E-state index >= 15 is 0 Å². The second-order valence-corrected chi connectivity index (χ2v) is 4.95. The van der Waals surface area contributed by atoms with Crippen molar-refractivity contribution < 1.29 is 9.53 Å². The lowest BCUT2D eigenvalue weighted by Crippen LogP contribution is -2.52. The van der Waals surface area contributed by atoms with E-state index in [4.69, 9.17) is 4.74 Å². The minimum Gasteiger partial charge on any atom is -0.376 e. The second-order valence-electron chi connectivity index (χ2n) is 4.95. The number of hydrogen-bond donors (Lipinski definition) is 1. The molecule has 0 atom stereocenters. The Morgan fingerprint density at radius 1 is 1.25 bits per heavy atom. The van der Waals surface area contributed by atoms with E-state index in [0.717, 1.165) is 38.8 Å². The number of rotatable bonds is 3. The van der Waals surface area contributed by atoms with E-state index in [2.05, 4.69) is 5.32 Å².